The molecular formula is C31H39F3N2O4. The third kappa shape index (κ3) is 5.41. The number of ether oxygens (including phenoxy) is 1. The molecule has 0 spiro atoms. The summed E-state index contributed by atoms with van der Waals surface area (Å²) < 4.78 is 45.6. The molecule has 1 N–H and O–H groups in total. The molecule has 40 heavy (non-hydrogen) atoms. The lowest BCUT2D eigenvalue weighted by Crippen LogP contribution is -2.50. The molecule has 1 aromatic carbocycles. The number of piperidine rings is 1. The lowest BCUT2D eigenvalue weighted by molar-refractivity contribution is -0.150. The molecule has 0 radical (unpaired) electrons. The fourth-order valence-corrected chi connectivity index (χ4v) is 7.50. The number of hydrogen-bond donors (Lipinski definition) is 1. The minimum atomic E-state index is -4.45. The highest BCUT2D eigenvalue weighted by Crippen LogP contribution is 2.49. The Labute approximate surface area is 233 Å². The van der Waals surface area contributed by atoms with E-state index in [0.717, 1.165) is 57.3 Å². The standard InChI is InChI=1S/C31H39F3N2O4/c1-19(2)30(29(39)36-17-23-14-24(31(32,33)34)7-8-27(23)40-18-36)11-9-25(15-30)35-12-10-26(20(3)16-35)21-5-4-6-22(13-21)28(37)38/h4,6-8,13-14,19-21,25-26H,5,9-12,15-18H2,1-3H3,(H,37,38)/t20-,21?,25+,26-,30-/m0/s1. The van der Waals surface area contributed by atoms with E-state index in [9.17, 15) is 27.9 Å². The summed E-state index contributed by atoms with van der Waals surface area (Å²) in [5, 5.41) is 9.42. The molecule has 0 aromatic heterocycles. The third-order valence-corrected chi connectivity index (χ3v) is 9.88. The van der Waals surface area contributed by atoms with Gasteiger partial charge < -0.3 is 19.6 Å². The predicted octanol–water partition coefficient (Wildman–Crippen LogP) is 6.12. The molecule has 1 saturated heterocycles. The lowest BCUT2D eigenvalue weighted by Gasteiger charge is -2.44. The van der Waals surface area contributed by atoms with Gasteiger partial charge in [-0.2, -0.15) is 13.2 Å². The predicted molar refractivity (Wildman–Crippen MR) is 144 cm³/mol. The molecule has 2 heterocycles. The average molecular weight is 561 g/mol. The third-order valence-electron chi connectivity index (χ3n) is 9.88. The lowest BCUT2D eigenvalue weighted by atomic mass is 9.73. The van der Waals surface area contributed by atoms with E-state index in [2.05, 4.69) is 25.7 Å². The van der Waals surface area contributed by atoms with Gasteiger partial charge >= 0.3 is 12.1 Å². The van der Waals surface area contributed by atoms with Crippen LogP contribution in [0.5, 0.6) is 5.75 Å². The number of rotatable bonds is 5. The van der Waals surface area contributed by atoms with Crippen LogP contribution in [-0.4, -0.2) is 52.6 Å². The Balaban J connectivity index is 1.26. The number of carbonyl (C=O) groups is 2. The summed E-state index contributed by atoms with van der Waals surface area (Å²) in [7, 11) is 0. The minimum Gasteiger partial charge on any atom is -0.478 e. The first-order chi connectivity index (χ1) is 18.9. The van der Waals surface area contributed by atoms with E-state index in [1.807, 2.05) is 12.2 Å². The van der Waals surface area contributed by atoms with Gasteiger partial charge in [-0.15, -0.1) is 0 Å². The molecule has 2 aliphatic carbocycles. The van der Waals surface area contributed by atoms with Gasteiger partial charge in [0.1, 0.15) is 5.75 Å². The van der Waals surface area contributed by atoms with Gasteiger partial charge in [-0.3, -0.25) is 4.79 Å². The van der Waals surface area contributed by atoms with Crippen LogP contribution in [0.2, 0.25) is 0 Å². The van der Waals surface area contributed by atoms with E-state index in [4.69, 9.17) is 4.74 Å². The Morgan fingerprint density at radius 3 is 2.65 bits per heavy atom. The molecule has 4 aliphatic rings. The van der Waals surface area contributed by atoms with Crippen LogP contribution in [0.25, 0.3) is 0 Å². The molecule has 0 bridgehead atoms. The van der Waals surface area contributed by atoms with Crippen molar-refractivity contribution in [2.45, 2.75) is 71.6 Å². The molecular weight excluding hydrogens is 521 g/mol. The van der Waals surface area contributed by atoms with E-state index in [0.29, 0.717) is 28.7 Å². The Bertz CT molecular complexity index is 1210. The number of fused-ring (bicyclic) bond motifs is 1. The second-order valence-electron chi connectivity index (χ2n) is 12.5. The molecule has 1 amide bonds. The van der Waals surface area contributed by atoms with E-state index in [-0.39, 0.29) is 37.1 Å². The number of hydrogen-bond acceptors (Lipinski definition) is 4. The largest absolute Gasteiger partial charge is 0.478 e. The summed E-state index contributed by atoms with van der Waals surface area (Å²) >= 11 is 0. The normalized spacial score (nSPS) is 31.1. The van der Waals surface area contributed by atoms with Crippen LogP contribution in [0, 0.1) is 29.1 Å². The molecule has 1 aromatic rings. The van der Waals surface area contributed by atoms with Gasteiger partial charge in [-0.25, -0.2) is 4.79 Å². The highest BCUT2D eigenvalue weighted by atomic mass is 19.4. The number of allylic oxidation sites excluding steroid dienone is 2. The van der Waals surface area contributed by atoms with Crippen LogP contribution in [-0.2, 0) is 22.3 Å². The number of alkyl halides is 3. The number of carbonyl (C=O) groups excluding carboxylic acids is 1. The number of likely N-dealkylation sites (tertiary alicyclic amines) is 1. The van der Waals surface area contributed by atoms with Gasteiger partial charge in [0.15, 0.2) is 6.73 Å². The smallest absolute Gasteiger partial charge is 0.416 e. The summed E-state index contributed by atoms with van der Waals surface area (Å²) in [6, 6.07) is 3.72. The second kappa shape index (κ2) is 10.9. The number of aliphatic carboxylic acids is 1. The SMILES string of the molecule is CC(C)[C@]1(C(=O)N2COc3ccc(C(F)(F)F)cc3C2)CC[C@@H](N2CC[C@H](C3C=C(C(=O)O)C=CC3)[C@@H](C)C2)C1. The van der Waals surface area contributed by atoms with Crippen LogP contribution in [0.4, 0.5) is 13.2 Å². The number of nitrogens with zero attached hydrogens (tertiary/aromatic N) is 2. The minimum absolute atomic E-state index is 0.0312. The number of halogens is 3. The zero-order chi connectivity index (χ0) is 28.8. The zero-order valence-electron chi connectivity index (χ0n) is 23.4. The van der Waals surface area contributed by atoms with Crippen molar-refractivity contribution in [3.05, 3.63) is 53.1 Å². The highest BCUT2D eigenvalue weighted by Gasteiger charge is 2.51. The highest BCUT2D eigenvalue weighted by molar-refractivity contribution is 5.90. The quantitative estimate of drug-likeness (QED) is 0.470. The Morgan fingerprint density at radius 1 is 1.20 bits per heavy atom. The zero-order valence-corrected chi connectivity index (χ0v) is 23.4. The Kier molecular flexibility index (Phi) is 7.81. The summed E-state index contributed by atoms with van der Waals surface area (Å²) in [5.74, 6) is 0.614. The summed E-state index contributed by atoms with van der Waals surface area (Å²) in [6.45, 7) is 8.36. The molecule has 2 fully saturated rings. The molecule has 2 aliphatic heterocycles. The molecule has 6 nitrogen and oxygen atoms in total. The maximum Gasteiger partial charge on any atom is 0.416 e. The van der Waals surface area contributed by atoms with Gasteiger partial charge in [-0.1, -0.05) is 39.0 Å². The fraction of sp³-hybridized carbons (Fsp3) is 0.613. The van der Waals surface area contributed by atoms with E-state index >= 15 is 0 Å². The molecule has 9 heteroatoms. The second-order valence-corrected chi connectivity index (χ2v) is 12.5. The van der Waals surface area contributed by atoms with Crippen molar-refractivity contribution in [3.63, 3.8) is 0 Å². The van der Waals surface area contributed by atoms with Gasteiger partial charge in [-0.05, 0) is 80.5 Å². The number of benzene rings is 1. The van der Waals surface area contributed by atoms with Crippen LogP contribution < -0.4 is 4.74 Å². The van der Waals surface area contributed by atoms with Crippen LogP contribution in [0.1, 0.15) is 64.0 Å². The van der Waals surface area contributed by atoms with E-state index in [1.54, 1.807) is 11.0 Å². The summed E-state index contributed by atoms with van der Waals surface area (Å²) in [4.78, 5) is 29.6. The maximum absolute atomic E-state index is 14.0. The van der Waals surface area contributed by atoms with Gasteiger partial charge in [0.25, 0.3) is 0 Å². The molecule has 1 unspecified atom stereocenters. The van der Waals surface area contributed by atoms with Gasteiger partial charge in [0.05, 0.1) is 23.1 Å². The van der Waals surface area contributed by atoms with Crippen LogP contribution in [0.3, 0.4) is 0 Å². The molecule has 5 atom stereocenters. The van der Waals surface area contributed by atoms with E-state index in [1.165, 1.54) is 6.07 Å². The molecule has 1 saturated carbocycles. The van der Waals surface area contributed by atoms with Crippen LogP contribution >= 0.6 is 0 Å². The van der Waals surface area contributed by atoms with Crippen molar-refractivity contribution in [2.75, 3.05) is 19.8 Å². The Hall–Kier alpha value is -2.81. The molecule has 5 rings (SSSR count). The van der Waals surface area contributed by atoms with Crippen molar-refractivity contribution in [1.29, 1.82) is 0 Å². The number of carboxylic acid groups (broad SMARTS) is 1. The Morgan fingerprint density at radius 2 is 1.98 bits per heavy atom. The summed E-state index contributed by atoms with van der Waals surface area (Å²) in [6.07, 6.45) is 5.36. The number of amides is 1. The van der Waals surface area contributed by atoms with Gasteiger partial charge in [0.2, 0.25) is 5.91 Å². The van der Waals surface area contributed by atoms with E-state index < -0.39 is 23.1 Å². The average Bonchev–Trinajstić information content (AvgIpc) is 3.38. The topological polar surface area (TPSA) is 70.1 Å². The van der Waals surface area contributed by atoms with Crippen molar-refractivity contribution in [3.8, 4) is 5.75 Å². The summed E-state index contributed by atoms with van der Waals surface area (Å²) in [5.41, 5.74) is -0.557. The van der Waals surface area contributed by atoms with Crippen molar-refractivity contribution < 1.29 is 32.6 Å². The van der Waals surface area contributed by atoms with Crippen molar-refractivity contribution in [1.82, 2.24) is 9.80 Å². The first-order valence-electron chi connectivity index (χ1n) is 14.4. The maximum atomic E-state index is 14.0. The van der Waals surface area contributed by atoms with Crippen molar-refractivity contribution in [2.24, 2.45) is 29.1 Å². The molecule has 218 valence electrons. The van der Waals surface area contributed by atoms with Crippen molar-refractivity contribution >= 4 is 11.9 Å². The monoisotopic (exact) mass is 560 g/mol. The number of carboxylic acids is 1. The first-order valence-corrected chi connectivity index (χ1v) is 14.4. The first kappa shape index (κ1) is 28.7. The fourth-order valence-electron chi connectivity index (χ4n) is 7.50. The van der Waals surface area contributed by atoms with Crippen LogP contribution in [0.15, 0.2) is 42.0 Å². The van der Waals surface area contributed by atoms with Gasteiger partial charge in [0, 0.05) is 18.2 Å².